The molecule has 0 saturated heterocycles. The van der Waals surface area contributed by atoms with Gasteiger partial charge in [0.2, 0.25) is 10.0 Å². The zero-order chi connectivity index (χ0) is 12.7. The van der Waals surface area contributed by atoms with Gasteiger partial charge in [0.05, 0.1) is 12.9 Å². The van der Waals surface area contributed by atoms with Crippen molar-refractivity contribution in [2.75, 3.05) is 26.0 Å². The lowest BCUT2D eigenvalue weighted by Crippen LogP contribution is -2.31. The predicted molar refractivity (Wildman–Crippen MR) is 67.5 cm³/mol. The highest BCUT2D eigenvalue weighted by Crippen LogP contribution is 2.17. The van der Waals surface area contributed by atoms with Gasteiger partial charge in [0.25, 0.3) is 0 Å². The van der Waals surface area contributed by atoms with Crippen LogP contribution in [0.1, 0.15) is 5.56 Å². The zero-order valence-electron chi connectivity index (χ0n) is 9.85. The third kappa shape index (κ3) is 4.72. The van der Waals surface area contributed by atoms with E-state index in [-0.39, 0.29) is 12.3 Å². The van der Waals surface area contributed by atoms with Crippen molar-refractivity contribution in [1.82, 2.24) is 4.72 Å². The number of methoxy groups -OCH3 is 1. The van der Waals surface area contributed by atoms with Gasteiger partial charge in [-0.05, 0) is 18.1 Å². The molecule has 0 aromatic heterocycles. The van der Waals surface area contributed by atoms with Gasteiger partial charge in [-0.15, -0.1) is 0 Å². The number of sulfonamides is 1. The minimum absolute atomic E-state index is 0.0427. The number of nitrogens with one attached hydrogen (secondary N) is 1. The molecule has 0 amide bonds. The smallest absolute Gasteiger partial charge is 0.212 e. The number of ether oxygens (including phenoxy) is 1. The Bertz CT molecular complexity index is 446. The second-order valence-electron chi connectivity index (χ2n) is 3.56. The Morgan fingerprint density at radius 1 is 1.35 bits per heavy atom. The molecule has 1 rings (SSSR count). The summed E-state index contributed by atoms with van der Waals surface area (Å²) < 4.78 is 30.4. The summed E-state index contributed by atoms with van der Waals surface area (Å²) in [5, 5.41) is 0. The quantitative estimate of drug-likeness (QED) is 0.727. The van der Waals surface area contributed by atoms with E-state index in [1.165, 1.54) is 0 Å². The third-order valence-corrected chi connectivity index (χ3v) is 3.71. The average molecular weight is 258 g/mol. The first-order valence-corrected chi connectivity index (χ1v) is 7.03. The van der Waals surface area contributed by atoms with Gasteiger partial charge in [-0.2, -0.15) is 0 Å². The van der Waals surface area contributed by atoms with Crippen molar-refractivity contribution in [2.45, 2.75) is 6.42 Å². The number of hydrogen-bond donors (Lipinski definition) is 2. The van der Waals surface area contributed by atoms with Crippen LogP contribution < -0.4 is 15.2 Å². The summed E-state index contributed by atoms with van der Waals surface area (Å²) in [5.74, 6) is 0.726. The lowest BCUT2D eigenvalue weighted by molar-refractivity contribution is 0.409. The van der Waals surface area contributed by atoms with Gasteiger partial charge in [0.1, 0.15) is 5.75 Å². The Morgan fingerprint density at radius 3 is 2.71 bits per heavy atom. The summed E-state index contributed by atoms with van der Waals surface area (Å²) in [6.07, 6.45) is 0.591. The van der Waals surface area contributed by atoms with Gasteiger partial charge in [0.15, 0.2) is 0 Å². The van der Waals surface area contributed by atoms with Crippen molar-refractivity contribution >= 4 is 10.0 Å². The molecule has 0 aliphatic heterocycles. The lowest BCUT2D eigenvalue weighted by atomic mass is 10.1. The standard InChI is InChI=1S/C11H18N2O3S/c1-16-11-5-3-2-4-10(11)6-8-13-17(14,15)9-7-12/h2-5,13H,6-9,12H2,1H3. The molecule has 0 atom stereocenters. The highest BCUT2D eigenvalue weighted by molar-refractivity contribution is 7.89. The second-order valence-corrected chi connectivity index (χ2v) is 5.49. The Morgan fingerprint density at radius 2 is 2.06 bits per heavy atom. The Labute approximate surface area is 102 Å². The molecular formula is C11H18N2O3S. The van der Waals surface area contributed by atoms with Crippen LogP contribution in [0.15, 0.2) is 24.3 Å². The van der Waals surface area contributed by atoms with E-state index in [1.807, 2.05) is 24.3 Å². The molecule has 0 aliphatic rings. The first-order valence-electron chi connectivity index (χ1n) is 5.38. The summed E-state index contributed by atoms with van der Waals surface area (Å²) in [5.41, 5.74) is 6.18. The maximum absolute atomic E-state index is 11.4. The molecule has 1 aromatic carbocycles. The van der Waals surface area contributed by atoms with Gasteiger partial charge >= 0.3 is 0 Å². The predicted octanol–water partition coefficient (Wildman–Crippen LogP) is 0.116. The molecule has 17 heavy (non-hydrogen) atoms. The summed E-state index contributed by atoms with van der Waals surface area (Å²) in [6.45, 7) is 0.479. The average Bonchev–Trinajstić information content (AvgIpc) is 2.29. The number of hydrogen-bond acceptors (Lipinski definition) is 4. The van der Waals surface area contributed by atoms with Crippen LogP contribution in [0.2, 0.25) is 0 Å². The van der Waals surface area contributed by atoms with Crippen molar-refractivity contribution in [2.24, 2.45) is 5.73 Å². The molecule has 0 saturated carbocycles. The minimum atomic E-state index is -3.24. The molecule has 0 heterocycles. The fourth-order valence-electron chi connectivity index (χ4n) is 1.48. The van der Waals surface area contributed by atoms with Gasteiger partial charge in [0, 0.05) is 13.1 Å². The van der Waals surface area contributed by atoms with Crippen molar-refractivity contribution in [1.29, 1.82) is 0 Å². The summed E-state index contributed by atoms with van der Waals surface area (Å²) in [7, 11) is -1.64. The van der Waals surface area contributed by atoms with Crippen molar-refractivity contribution in [3.8, 4) is 5.75 Å². The zero-order valence-corrected chi connectivity index (χ0v) is 10.7. The minimum Gasteiger partial charge on any atom is -0.496 e. The van der Waals surface area contributed by atoms with E-state index in [0.717, 1.165) is 11.3 Å². The fourth-order valence-corrected chi connectivity index (χ4v) is 2.35. The summed E-state index contributed by atoms with van der Waals surface area (Å²) in [6, 6.07) is 7.53. The van der Waals surface area contributed by atoms with Crippen LogP contribution in [0.3, 0.4) is 0 Å². The van der Waals surface area contributed by atoms with Crippen LogP contribution in [0.4, 0.5) is 0 Å². The summed E-state index contributed by atoms with van der Waals surface area (Å²) >= 11 is 0. The van der Waals surface area contributed by atoms with Crippen LogP contribution in [-0.2, 0) is 16.4 Å². The van der Waals surface area contributed by atoms with Gasteiger partial charge < -0.3 is 10.5 Å². The molecule has 3 N–H and O–H groups in total. The van der Waals surface area contributed by atoms with Crippen LogP contribution in [0.25, 0.3) is 0 Å². The van der Waals surface area contributed by atoms with E-state index in [2.05, 4.69) is 4.72 Å². The maximum Gasteiger partial charge on any atom is 0.212 e. The fraction of sp³-hybridized carbons (Fsp3) is 0.455. The highest BCUT2D eigenvalue weighted by Gasteiger charge is 2.08. The monoisotopic (exact) mass is 258 g/mol. The molecule has 5 nitrogen and oxygen atoms in total. The largest absolute Gasteiger partial charge is 0.496 e. The molecule has 96 valence electrons. The topological polar surface area (TPSA) is 81.4 Å². The highest BCUT2D eigenvalue weighted by atomic mass is 32.2. The van der Waals surface area contributed by atoms with Crippen molar-refractivity contribution in [3.05, 3.63) is 29.8 Å². The molecule has 0 unspecified atom stereocenters. The third-order valence-electron chi connectivity index (χ3n) is 2.30. The lowest BCUT2D eigenvalue weighted by Gasteiger charge is -2.09. The van der Waals surface area contributed by atoms with E-state index in [4.69, 9.17) is 10.5 Å². The van der Waals surface area contributed by atoms with Gasteiger partial charge in [-0.1, -0.05) is 18.2 Å². The van der Waals surface area contributed by atoms with Crippen LogP contribution in [-0.4, -0.2) is 34.4 Å². The van der Waals surface area contributed by atoms with Crippen molar-refractivity contribution < 1.29 is 13.2 Å². The van der Waals surface area contributed by atoms with E-state index in [0.29, 0.717) is 13.0 Å². The number of nitrogens with two attached hydrogens (primary N) is 1. The van der Waals surface area contributed by atoms with Crippen LogP contribution in [0, 0.1) is 0 Å². The molecule has 0 aliphatic carbocycles. The first-order chi connectivity index (χ1) is 8.09. The van der Waals surface area contributed by atoms with Crippen LogP contribution >= 0.6 is 0 Å². The van der Waals surface area contributed by atoms with E-state index in [1.54, 1.807) is 7.11 Å². The van der Waals surface area contributed by atoms with E-state index < -0.39 is 10.0 Å². The Hall–Kier alpha value is -1.11. The Balaban J connectivity index is 2.51. The second kappa shape index (κ2) is 6.58. The summed E-state index contributed by atoms with van der Waals surface area (Å²) in [4.78, 5) is 0. The van der Waals surface area contributed by atoms with Gasteiger partial charge in [-0.3, -0.25) is 0 Å². The normalized spacial score (nSPS) is 11.4. The number of para-hydroxylation sites is 1. The molecular weight excluding hydrogens is 240 g/mol. The van der Waals surface area contributed by atoms with E-state index >= 15 is 0 Å². The van der Waals surface area contributed by atoms with E-state index in [9.17, 15) is 8.42 Å². The Kier molecular flexibility index (Phi) is 5.40. The SMILES string of the molecule is COc1ccccc1CCNS(=O)(=O)CCN. The molecule has 0 bridgehead atoms. The molecule has 1 aromatic rings. The number of rotatable bonds is 7. The van der Waals surface area contributed by atoms with Crippen LogP contribution in [0.5, 0.6) is 5.75 Å². The molecule has 0 fully saturated rings. The maximum atomic E-state index is 11.4. The number of benzene rings is 1. The molecule has 0 spiro atoms. The first kappa shape index (κ1) is 14.0. The van der Waals surface area contributed by atoms with Gasteiger partial charge in [-0.25, -0.2) is 13.1 Å². The van der Waals surface area contributed by atoms with Crippen molar-refractivity contribution in [3.63, 3.8) is 0 Å². The molecule has 0 radical (unpaired) electrons. The molecule has 6 heteroatoms.